The molecular formula is C25H23F2N9O4. The second-order valence-electron chi connectivity index (χ2n) is 8.33. The number of anilines is 1. The number of hydrogen-bond donors (Lipinski definition) is 2. The second kappa shape index (κ2) is 12.4. The van der Waals surface area contributed by atoms with Crippen molar-refractivity contribution in [3.63, 3.8) is 0 Å². The summed E-state index contributed by atoms with van der Waals surface area (Å²) in [5.74, 6) is 0. The number of nitrogens with two attached hydrogens (primary N) is 1. The number of nitrogens with zero attached hydrogens (tertiary/aromatic N) is 7. The lowest BCUT2D eigenvalue weighted by Gasteiger charge is -1.99. The lowest BCUT2D eigenvalue weighted by molar-refractivity contribution is -0.384. The summed E-state index contributed by atoms with van der Waals surface area (Å²) < 4.78 is 27.3. The molecule has 3 heterocycles. The molecule has 3 N–H and O–H groups in total. The molecule has 40 heavy (non-hydrogen) atoms. The van der Waals surface area contributed by atoms with Crippen molar-refractivity contribution < 1.29 is 18.6 Å². The summed E-state index contributed by atoms with van der Waals surface area (Å²) in [6.07, 6.45) is 4.75. The number of halogens is 2. The molecule has 206 valence electrons. The van der Waals surface area contributed by atoms with Gasteiger partial charge in [-0.3, -0.25) is 34.7 Å². The van der Waals surface area contributed by atoms with Crippen LogP contribution in [0.5, 0.6) is 0 Å². The number of aromatic amines is 1. The van der Waals surface area contributed by atoms with E-state index >= 15 is 0 Å². The van der Waals surface area contributed by atoms with Crippen LogP contribution in [-0.2, 0) is 13.1 Å². The van der Waals surface area contributed by atoms with Gasteiger partial charge in [-0.1, -0.05) is 0 Å². The smallest absolute Gasteiger partial charge is 0.270 e. The summed E-state index contributed by atoms with van der Waals surface area (Å²) in [6, 6.07) is 14.4. The van der Waals surface area contributed by atoms with Gasteiger partial charge in [-0.15, -0.1) is 0 Å². The number of aryl methyl sites for hydroxylation is 2. The highest BCUT2D eigenvalue weighted by atomic mass is 19.1. The van der Waals surface area contributed by atoms with Crippen LogP contribution in [0.3, 0.4) is 0 Å². The summed E-state index contributed by atoms with van der Waals surface area (Å²) >= 11 is 0. The molecule has 0 unspecified atom stereocenters. The van der Waals surface area contributed by atoms with Gasteiger partial charge in [0.1, 0.15) is 13.3 Å². The number of H-pyrrole nitrogens is 1. The first-order chi connectivity index (χ1) is 19.3. The largest absolute Gasteiger partial charge is 0.399 e. The Hall–Kier alpha value is -5.47. The van der Waals surface area contributed by atoms with Crippen molar-refractivity contribution in [2.75, 3.05) is 19.1 Å². The summed E-state index contributed by atoms with van der Waals surface area (Å²) in [5, 5.41) is 37.6. The first-order valence-corrected chi connectivity index (χ1v) is 11.8. The molecule has 0 saturated heterocycles. The van der Waals surface area contributed by atoms with Gasteiger partial charge in [-0.05, 0) is 30.3 Å². The van der Waals surface area contributed by atoms with Crippen LogP contribution in [0, 0.1) is 20.2 Å². The van der Waals surface area contributed by atoms with Gasteiger partial charge in [0.25, 0.3) is 11.4 Å². The van der Waals surface area contributed by atoms with Gasteiger partial charge in [0.2, 0.25) is 0 Å². The Morgan fingerprint density at radius 3 is 1.85 bits per heavy atom. The SMILES string of the molecule is Nc1ccc2c(cnn2CCF)c1.O=[N+]([O-])c1ccc2[nH]ncc2c1.O=[N+]([O-])c1ccc2c(cnn2CCF)c1. The van der Waals surface area contributed by atoms with Crippen molar-refractivity contribution in [2.24, 2.45) is 0 Å². The van der Waals surface area contributed by atoms with Gasteiger partial charge in [-0.2, -0.15) is 15.3 Å². The molecule has 0 aliphatic carbocycles. The van der Waals surface area contributed by atoms with Crippen LogP contribution in [0.15, 0.2) is 73.2 Å². The Morgan fingerprint density at radius 1 is 0.750 bits per heavy atom. The number of non-ortho nitro benzene ring substituents is 2. The van der Waals surface area contributed by atoms with E-state index in [0.717, 1.165) is 21.8 Å². The molecule has 0 saturated carbocycles. The lowest BCUT2D eigenvalue weighted by Crippen LogP contribution is -2.00. The van der Waals surface area contributed by atoms with E-state index in [9.17, 15) is 29.0 Å². The van der Waals surface area contributed by atoms with Crippen LogP contribution in [0.25, 0.3) is 32.7 Å². The zero-order chi connectivity index (χ0) is 28.6. The van der Waals surface area contributed by atoms with Crippen LogP contribution in [0.1, 0.15) is 0 Å². The van der Waals surface area contributed by atoms with Crippen LogP contribution < -0.4 is 5.73 Å². The second-order valence-corrected chi connectivity index (χ2v) is 8.33. The molecule has 0 aliphatic heterocycles. The van der Waals surface area contributed by atoms with E-state index in [4.69, 9.17) is 5.73 Å². The van der Waals surface area contributed by atoms with E-state index in [-0.39, 0.29) is 17.9 Å². The first-order valence-electron chi connectivity index (χ1n) is 11.8. The summed E-state index contributed by atoms with van der Waals surface area (Å²) in [7, 11) is 0. The molecular weight excluding hydrogens is 528 g/mol. The average molecular weight is 552 g/mol. The Labute approximate surface area is 224 Å². The number of nitrogens with one attached hydrogen (secondary N) is 1. The van der Waals surface area contributed by atoms with E-state index < -0.39 is 23.2 Å². The minimum atomic E-state index is -0.506. The number of hydrogen-bond acceptors (Lipinski definition) is 8. The van der Waals surface area contributed by atoms with Gasteiger partial charge >= 0.3 is 0 Å². The Morgan fingerprint density at radius 2 is 1.27 bits per heavy atom. The molecule has 6 aromatic rings. The third-order valence-corrected chi connectivity index (χ3v) is 5.73. The van der Waals surface area contributed by atoms with Crippen molar-refractivity contribution in [3.8, 4) is 0 Å². The minimum absolute atomic E-state index is 0.0160. The predicted octanol–water partition coefficient (Wildman–Crippen LogP) is 4.97. The fourth-order valence-electron chi connectivity index (χ4n) is 3.85. The fourth-order valence-corrected chi connectivity index (χ4v) is 3.85. The van der Waals surface area contributed by atoms with Crippen LogP contribution in [0.4, 0.5) is 25.8 Å². The Bertz CT molecular complexity index is 1780. The quantitative estimate of drug-likeness (QED) is 0.165. The highest BCUT2D eigenvalue weighted by Crippen LogP contribution is 2.21. The molecule has 6 rings (SSSR count). The van der Waals surface area contributed by atoms with Gasteiger partial charge in [0.05, 0.1) is 58.1 Å². The van der Waals surface area contributed by atoms with Crippen molar-refractivity contribution in [1.29, 1.82) is 0 Å². The number of alkyl halides is 2. The summed E-state index contributed by atoms with van der Waals surface area (Å²) in [6.45, 7) is -0.441. The van der Waals surface area contributed by atoms with Crippen molar-refractivity contribution >= 4 is 49.8 Å². The molecule has 0 atom stereocenters. The van der Waals surface area contributed by atoms with Gasteiger partial charge < -0.3 is 5.73 Å². The molecule has 13 nitrogen and oxygen atoms in total. The number of nitro benzene ring substituents is 2. The fraction of sp³-hybridized carbons (Fsp3) is 0.160. The van der Waals surface area contributed by atoms with Gasteiger partial charge in [-0.25, -0.2) is 8.78 Å². The third kappa shape index (κ3) is 6.32. The number of benzene rings is 3. The molecule has 0 aliphatic rings. The third-order valence-electron chi connectivity index (χ3n) is 5.73. The molecule has 0 bridgehead atoms. The number of rotatable bonds is 6. The molecule has 0 spiro atoms. The topological polar surface area (TPSA) is 177 Å². The highest BCUT2D eigenvalue weighted by molar-refractivity contribution is 5.82. The first kappa shape index (κ1) is 27.6. The molecule has 0 amide bonds. The van der Waals surface area contributed by atoms with E-state index in [1.165, 1.54) is 35.1 Å². The summed E-state index contributed by atoms with van der Waals surface area (Å²) in [4.78, 5) is 19.9. The van der Waals surface area contributed by atoms with Crippen molar-refractivity contribution in [3.05, 3.63) is 93.4 Å². The average Bonchev–Trinajstić information content (AvgIpc) is 3.68. The zero-order valence-electron chi connectivity index (χ0n) is 20.9. The molecule has 3 aromatic heterocycles. The van der Waals surface area contributed by atoms with E-state index in [2.05, 4.69) is 20.4 Å². The standard InChI is InChI=1S/C9H8FN3O2.C9H10FN3.C7H5N3O2/c10-3-4-12-9-2-1-8(13(14)15)5-7(9)6-11-12;10-3-4-13-9-2-1-8(11)5-7(9)6-12-13;11-10(12)6-1-2-7-5(3-6)4-8-9-7/h1-2,5-6H,3-4H2;1-2,5-6H,3-4,11H2;1-4H,(H,8,9). The monoisotopic (exact) mass is 551 g/mol. The van der Waals surface area contributed by atoms with Crippen LogP contribution in [-0.4, -0.2) is 53.0 Å². The van der Waals surface area contributed by atoms with E-state index in [1.54, 1.807) is 35.3 Å². The Balaban J connectivity index is 0.000000140. The van der Waals surface area contributed by atoms with Crippen molar-refractivity contribution in [2.45, 2.75) is 13.1 Å². The van der Waals surface area contributed by atoms with Gasteiger partial charge in [0, 0.05) is 46.1 Å². The molecule has 3 aromatic carbocycles. The van der Waals surface area contributed by atoms with Crippen LogP contribution in [0.2, 0.25) is 0 Å². The zero-order valence-corrected chi connectivity index (χ0v) is 20.9. The maximum absolute atomic E-state index is 12.1. The number of fused-ring (bicyclic) bond motifs is 3. The van der Waals surface area contributed by atoms with E-state index in [0.29, 0.717) is 23.1 Å². The maximum atomic E-state index is 12.1. The molecule has 0 fully saturated rings. The number of nitrogen functional groups attached to an aromatic ring is 1. The van der Waals surface area contributed by atoms with Gasteiger partial charge in [0.15, 0.2) is 0 Å². The number of aromatic nitrogens is 6. The highest BCUT2D eigenvalue weighted by Gasteiger charge is 2.09. The Kier molecular flexibility index (Phi) is 8.53. The molecule has 15 heteroatoms. The predicted molar refractivity (Wildman–Crippen MR) is 145 cm³/mol. The summed E-state index contributed by atoms with van der Waals surface area (Å²) in [5.41, 5.74) is 8.84. The lowest BCUT2D eigenvalue weighted by atomic mass is 10.2. The number of nitro groups is 2. The molecule has 0 radical (unpaired) electrons. The van der Waals surface area contributed by atoms with Crippen LogP contribution >= 0.6 is 0 Å². The van der Waals surface area contributed by atoms with E-state index in [1.807, 2.05) is 12.1 Å². The van der Waals surface area contributed by atoms with Crippen molar-refractivity contribution in [1.82, 2.24) is 29.8 Å². The maximum Gasteiger partial charge on any atom is 0.270 e. The normalized spacial score (nSPS) is 10.7. The minimum Gasteiger partial charge on any atom is -0.399 e.